The molecule has 0 spiro atoms. The number of ether oxygens (including phenoxy) is 1. The van der Waals surface area contributed by atoms with E-state index in [1.54, 1.807) is 18.2 Å². The van der Waals surface area contributed by atoms with Crippen molar-refractivity contribution < 1.29 is 31.9 Å². The summed E-state index contributed by atoms with van der Waals surface area (Å²) < 4.78 is 58.7. The molecule has 2 aromatic rings. The molecule has 1 atom stereocenters. The Balaban J connectivity index is 2.15. The van der Waals surface area contributed by atoms with Gasteiger partial charge >= 0.3 is 6.61 Å². The van der Waals surface area contributed by atoms with E-state index < -0.39 is 47.1 Å². The van der Waals surface area contributed by atoms with Gasteiger partial charge in [-0.3, -0.25) is 4.79 Å². The first-order valence-corrected chi connectivity index (χ1v) is 8.85. The minimum absolute atomic E-state index is 0.186. The van der Waals surface area contributed by atoms with Crippen LogP contribution in [0.1, 0.15) is 29.9 Å². The molecule has 29 heavy (non-hydrogen) atoms. The Labute approximate surface area is 164 Å². The van der Waals surface area contributed by atoms with Crippen molar-refractivity contribution in [2.75, 3.05) is 6.61 Å². The monoisotopic (exact) mass is 410 g/mol. The highest BCUT2D eigenvalue weighted by atomic mass is 19.3. The van der Waals surface area contributed by atoms with Crippen LogP contribution in [0, 0.1) is 17.6 Å². The van der Waals surface area contributed by atoms with Crippen LogP contribution in [-0.4, -0.2) is 24.8 Å². The third-order valence-corrected chi connectivity index (χ3v) is 4.39. The molecule has 3 rings (SSSR count). The van der Waals surface area contributed by atoms with E-state index in [1.807, 2.05) is 0 Å². The highest BCUT2D eigenvalue weighted by Crippen LogP contribution is 2.33. The number of carbonyl (C=O) groups is 1. The van der Waals surface area contributed by atoms with E-state index in [2.05, 4.69) is 9.89 Å². The van der Waals surface area contributed by atoms with Gasteiger partial charge in [-0.05, 0) is 36.5 Å². The number of hydrogen-bond acceptors (Lipinski definition) is 4. The maximum atomic E-state index is 14.7. The number of rotatable bonds is 9. The van der Waals surface area contributed by atoms with Gasteiger partial charge in [-0.2, -0.15) is 8.78 Å². The van der Waals surface area contributed by atoms with Crippen molar-refractivity contribution in [1.82, 2.24) is 0 Å². The molecule has 0 heterocycles. The lowest BCUT2D eigenvalue weighted by Crippen LogP contribution is -2.30. The molecule has 2 N–H and O–H groups in total. The van der Waals surface area contributed by atoms with Crippen molar-refractivity contribution in [3.8, 4) is 5.75 Å². The molecular weight excluding hydrogens is 392 g/mol. The Morgan fingerprint density at radius 1 is 1.14 bits per heavy atom. The first-order chi connectivity index (χ1) is 13.9. The van der Waals surface area contributed by atoms with Gasteiger partial charge in [0.2, 0.25) is 5.91 Å². The lowest BCUT2D eigenvalue weighted by molar-refractivity contribution is -0.118. The number of nitrogens with zero attached hydrogens (tertiary/aromatic N) is 1. The number of primary amides is 1. The fourth-order valence-electron chi connectivity index (χ4n) is 2.81. The standard InChI is InChI=1S/C20H18F4N2O3/c21-13-8-9-14(29-20(23)24)16(17(13)22)18(26-28-10-11-6-7-11)15(19(25)27)12-4-2-1-3-5-12/h1-5,8-9,11,15,20H,6-7,10H2,(H2,25,27)/b26-18-. The van der Waals surface area contributed by atoms with Gasteiger partial charge in [-0.1, -0.05) is 35.5 Å². The number of nitrogens with two attached hydrogens (primary N) is 1. The van der Waals surface area contributed by atoms with Crippen LogP contribution in [-0.2, 0) is 9.63 Å². The smallest absolute Gasteiger partial charge is 0.387 e. The van der Waals surface area contributed by atoms with Crippen LogP contribution in [0.15, 0.2) is 47.6 Å². The van der Waals surface area contributed by atoms with E-state index in [1.165, 1.54) is 12.1 Å². The number of halogens is 4. The number of amides is 1. The Hall–Kier alpha value is -3.10. The Bertz CT molecular complexity index is 902. The summed E-state index contributed by atoms with van der Waals surface area (Å²) in [4.78, 5) is 17.5. The third kappa shape index (κ3) is 5.04. The number of benzene rings is 2. The Morgan fingerprint density at radius 3 is 2.41 bits per heavy atom. The topological polar surface area (TPSA) is 73.9 Å². The Kier molecular flexibility index (Phi) is 6.36. The molecule has 2 aromatic carbocycles. The van der Waals surface area contributed by atoms with Gasteiger partial charge in [0.25, 0.3) is 0 Å². The lowest BCUT2D eigenvalue weighted by Gasteiger charge is -2.20. The zero-order valence-electron chi connectivity index (χ0n) is 15.2. The first-order valence-electron chi connectivity index (χ1n) is 8.85. The maximum absolute atomic E-state index is 14.7. The predicted molar refractivity (Wildman–Crippen MR) is 96.6 cm³/mol. The van der Waals surface area contributed by atoms with E-state index in [0.717, 1.165) is 18.9 Å². The van der Waals surface area contributed by atoms with E-state index in [4.69, 9.17) is 10.6 Å². The molecule has 0 radical (unpaired) electrons. The zero-order valence-corrected chi connectivity index (χ0v) is 15.2. The number of alkyl halides is 2. The van der Waals surface area contributed by atoms with E-state index in [9.17, 15) is 22.4 Å². The minimum atomic E-state index is -3.31. The quantitative estimate of drug-likeness (QED) is 0.386. The molecule has 0 saturated heterocycles. The molecule has 1 aliphatic carbocycles. The molecule has 1 unspecified atom stereocenters. The van der Waals surface area contributed by atoms with Gasteiger partial charge in [0, 0.05) is 0 Å². The summed E-state index contributed by atoms with van der Waals surface area (Å²) in [6.45, 7) is -3.12. The van der Waals surface area contributed by atoms with Gasteiger partial charge in [-0.25, -0.2) is 8.78 Å². The van der Waals surface area contributed by atoms with Gasteiger partial charge in [-0.15, -0.1) is 0 Å². The molecule has 1 saturated carbocycles. The average Bonchev–Trinajstić information content (AvgIpc) is 3.49. The third-order valence-electron chi connectivity index (χ3n) is 4.39. The molecule has 0 aliphatic heterocycles. The second kappa shape index (κ2) is 8.93. The molecule has 9 heteroatoms. The summed E-state index contributed by atoms with van der Waals surface area (Å²) in [5.74, 6) is -5.58. The lowest BCUT2D eigenvalue weighted by atomic mass is 9.88. The molecular formula is C20H18F4N2O3. The van der Waals surface area contributed by atoms with E-state index in [0.29, 0.717) is 11.6 Å². The zero-order chi connectivity index (χ0) is 21.0. The van der Waals surface area contributed by atoms with E-state index >= 15 is 0 Å². The van der Waals surface area contributed by atoms with Gasteiger partial charge < -0.3 is 15.3 Å². The molecule has 1 fully saturated rings. The average molecular weight is 410 g/mol. The van der Waals surface area contributed by atoms with Crippen LogP contribution in [0.5, 0.6) is 5.75 Å². The summed E-state index contributed by atoms with van der Waals surface area (Å²) in [5.41, 5.74) is 4.63. The van der Waals surface area contributed by atoms with Crippen LogP contribution in [0.4, 0.5) is 17.6 Å². The van der Waals surface area contributed by atoms with Crippen LogP contribution >= 0.6 is 0 Å². The second-order valence-corrected chi connectivity index (χ2v) is 6.57. The summed E-state index contributed by atoms with van der Waals surface area (Å²) in [7, 11) is 0. The van der Waals surface area contributed by atoms with Crippen molar-refractivity contribution in [1.29, 1.82) is 0 Å². The van der Waals surface area contributed by atoms with Crippen LogP contribution in [0.3, 0.4) is 0 Å². The fraction of sp³-hybridized carbons (Fsp3) is 0.300. The summed E-state index contributed by atoms with van der Waals surface area (Å²) in [6.07, 6.45) is 1.85. The van der Waals surface area contributed by atoms with Gasteiger partial charge in [0.15, 0.2) is 11.6 Å². The SMILES string of the molecule is NC(=O)C(/C(=N/OCC1CC1)c1c(OC(F)F)ccc(F)c1F)c1ccccc1. The second-order valence-electron chi connectivity index (χ2n) is 6.57. The maximum Gasteiger partial charge on any atom is 0.387 e. The molecule has 154 valence electrons. The summed E-state index contributed by atoms with van der Waals surface area (Å²) in [6, 6.07) is 9.41. The number of oxime groups is 1. The van der Waals surface area contributed by atoms with Crippen LogP contribution in [0.2, 0.25) is 0 Å². The van der Waals surface area contributed by atoms with Crippen molar-refractivity contribution in [3.63, 3.8) is 0 Å². The number of carbonyl (C=O) groups excluding carboxylic acids is 1. The summed E-state index contributed by atoms with van der Waals surface area (Å²) in [5, 5.41) is 3.83. The molecule has 1 aliphatic rings. The van der Waals surface area contributed by atoms with Crippen LogP contribution in [0.25, 0.3) is 0 Å². The Morgan fingerprint density at radius 2 is 1.83 bits per heavy atom. The molecule has 5 nitrogen and oxygen atoms in total. The summed E-state index contributed by atoms with van der Waals surface area (Å²) >= 11 is 0. The number of hydrogen-bond donors (Lipinski definition) is 1. The fourth-order valence-corrected chi connectivity index (χ4v) is 2.81. The van der Waals surface area contributed by atoms with E-state index in [-0.39, 0.29) is 12.5 Å². The molecule has 0 bridgehead atoms. The largest absolute Gasteiger partial charge is 0.434 e. The predicted octanol–water partition coefficient (Wildman–Crippen LogP) is 3.97. The normalized spacial score (nSPS) is 15.3. The first kappa shape index (κ1) is 20.6. The van der Waals surface area contributed by atoms with Crippen molar-refractivity contribution in [2.24, 2.45) is 16.8 Å². The van der Waals surface area contributed by atoms with Crippen molar-refractivity contribution in [3.05, 3.63) is 65.2 Å². The highest BCUT2D eigenvalue weighted by Gasteiger charge is 2.33. The minimum Gasteiger partial charge on any atom is -0.434 e. The van der Waals surface area contributed by atoms with Crippen molar-refractivity contribution in [2.45, 2.75) is 25.4 Å². The van der Waals surface area contributed by atoms with Crippen LogP contribution < -0.4 is 10.5 Å². The molecule has 1 amide bonds. The molecule has 0 aromatic heterocycles. The highest BCUT2D eigenvalue weighted by molar-refractivity contribution is 6.17. The van der Waals surface area contributed by atoms with Gasteiger partial charge in [0.05, 0.1) is 5.56 Å². The van der Waals surface area contributed by atoms with Crippen molar-refractivity contribution >= 4 is 11.6 Å². The van der Waals surface area contributed by atoms with Gasteiger partial charge in [0.1, 0.15) is 24.0 Å².